The van der Waals surface area contributed by atoms with Gasteiger partial charge >= 0.3 is 6.18 Å². The van der Waals surface area contributed by atoms with Crippen molar-refractivity contribution in [2.24, 2.45) is 7.05 Å². The van der Waals surface area contributed by atoms with Gasteiger partial charge in [-0.05, 0) is 19.4 Å². The van der Waals surface area contributed by atoms with E-state index in [1.807, 2.05) is 0 Å². The molecule has 0 saturated carbocycles. The Hall–Kier alpha value is -1.57. The van der Waals surface area contributed by atoms with Gasteiger partial charge < -0.3 is 10.2 Å². The van der Waals surface area contributed by atoms with Crippen LogP contribution in [-0.4, -0.2) is 46.3 Å². The molecular formula is C13H19F3N4O. The van der Waals surface area contributed by atoms with E-state index in [4.69, 9.17) is 0 Å². The summed E-state index contributed by atoms with van der Waals surface area (Å²) in [5.41, 5.74) is -1.54. The van der Waals surface area contributed by atoms with Crippen molar-refractivity contribution in [3.8, 4) is 0 Å². The average Bonchev–Trinajstić information content (AvgIpc) is 2.82. The van der Waals surface area contributed by atoms with Crippen molar-refractivity contribution in [3.05, 3.63) is 17.5 Å². The number of aryl methyl sites for hydroxylation is 1. The molecule has 118 valence electrons. The smallest absolute Gasteiger partial charge is 0.349 e. The van der Waals surface area contributed by atoms with Gasteiger partial charge in [0, 0.05) is 32.4 Å². The Morgan fingerprint density at radius 1 is 1.43 bits per heavy atom. The van der Waals surface area contributed by atoms with Gasteiger partial charge in [0.2, 0.25) is 0 Å². The number of piperidine rings is 1. The minimum absolute atomic E-state index is 0.0819. The average molecular weight is 304 g/mol. The molecule has 1 N–H and O–H groups in total. The van der Waals surface area contributed by atoms with Crippen molar-refractivity contribution in [1.82, 2.24) is 20.0 Å². The van der Waals surface area contributed by atoms with E-state index in [1.165, 1.54) is 7.05 Å². The van der Waals surface area contributed by atoms with Crippen LogP contribution < -0.4 is 5.32 Å². The van der Waals surface area contributed by atoms with Gasteiger partial charge in [-0.25, -0.2) is 0 Å². The first kappa shape index (κ1) is 15.8. The highest BCUT2D eigenvalue weighted by Gasteiger charge is 2.39. The molecule has 2 heterocycles. The van der Waals surface area contributed by atoms with E-state index in [9.17, 15) is 18.0 Å². The summed E-state index contributed by atoms with van der Waals surface area (Å²) in [6, 6.07) is -0.0819. The number of rotatable bonds is 3. The number of nitrogens with zero attached hydrogens (tertiary/aromatic N) is 3. The molecular weight excluding hydrogens is 285 g/mol. The Morgan fingerprint density at radius 3 is 2.57 bits per heavy atom. The Morgan fingerprint density at radius 2 is 2.05 bits per heavy atom. The number of alkyl halides is 3. The van der Waals surface area contributed by atoms with Gasteiger partial charge in [0.1, 0.15) is 0 Å². The summed E-state index contributed by atoms with van der Waals surface area (Å²) in [5, 5.41) is 6.03. The molecule has 1 aliphatic rings. The number of likely N-dealkylation sites (tertiary alicyclic amines) is 1. The van der Waals surface area contributed by atoms with Crippen LogP contribution in [0.25, 0.3) is 0 Å². The van der Waals surface area contributed by atoms with Gasteiger partial charge in [0.15, 0.2) is 5.69 Å². The van der Waals surface area contributed by atoms with Crippen LogP contribution in [0, 0.1) is 0 Å². The third kappa shape index (κ3) is 3.75. The van der Waals surface area contributed by atoms with E-state index in [0.29, 0.717) is 0 Å². The molecule has 1 amide bonds. The number of carbonyl (C=O) groups excluding carboxylic acids is 1. The predicted octanol–water partition coefficient (Wildman–Crippen LogP) is 1.65. The molecule has 0 bridgehead atoms. The lowest BCUT2D eigenvalue weighted by Gasteiger charge is -2.31. The molecule has 1 aromatic heterocycles. The van der Waals surface area contributed by atoms with Crippen LogP contribution in [0.5, 0.6) is 0 Å². The quantitative estimate of drug-likeness (QED) is 0.924. The van der Waals surface area contributed by atoms with Crippen molar-refractivity contribution in [3.63, 3.8) is 0 Å². The van der Waals surface area contributed by atoms with E-state index in [-0.39, 0.29) is 6.04 Å². The molecule has 5 nitrogen and oxygen atoms in total. The van der Waals surface area contributed by atoms with Crippen molar-refractivity contribution < 1.29 is 18.0 Å². The zero-order valence-corrected chi connectivity index (χ0v) is 12.1. The molecule has 0 atom stereocenters. The lowest BCUT2D eigenvalue weighted by Crippen LogP contribution is -2.44. The highest BCUT2D eigenvalue weighted by molar-refractivity contribution is 5.95. The van der Waals surface area contributed by atoms with E-state index in [0.717, 1.165) is 43.4 Å². The molecule has 0 spiro atoms. The van der Waals surface area contributed by atoms with Crippen LogP contribution in [0.2, 0.25) is 0 Å². The van der Waals surface area contributed by atoms with E-state index in [1.54, 1.807) is 0 Å². The molecule has 8 heteroatoms. The van der Waals surface area contributed by atoms with Crippen LogP contribution in [0.1, 0.15) is 35.8 Å². The lowest BCUT2D eigenvalue weighted by molar-refractivity contribution is -0.141. The summed E-state index contributed by atoms with van der Waals surface area (Å²) in [7, 11) is 1.37. The molecule has 0 unspecified atom stereocenters. The normalized spacial score (nSPS) is 18.0. The van der Waals surface area contributed by atoms with Gasteiger partial charge in [-0.3, -0.25) is 9.48 Å². The van der Waals surface area contributed by atoms with E-state index in [2.05, 4.69) is 22.2 Å². The van der Waals surface area contributed by atoms with Crippen LogP contribution in [0.3, 0.4) is 0 Å². The number of amides is 1. The lowest BCUT2D eigenvalue weighted by atomic mass is 10.0. The summed E-state index contributed by atoms with van der Waals surface area (Å²) in [6.45, 7) is 4.70. The van der Waals surface area contributed by atoms with Crippen molar-refractivity contribution in [2.45, 2.75) is 32.0 Å². The van der Waals surface area contributed by atoms with Gasteiger partial charge in [-0.15, -0.1) is 0 Å². The standard InChI is InChI=1S/C13H19F3N4O/c1-3-20-6-4-9(5-7-20)17-12(21)10-8-19(2)18-11(10)13(14,15)16/h8-9H,3-7H2,1-2H3,(H,17,21). The minimum atomic E-state index is -4.63. The zero-order valence-electron chi connectivity index (χ0n) is 12.1. The minimum Gasteiger partial charge on any atom is -0.349 e. The molecule has 21 heavy (non-hydrogen) atoms. The highest BCUT2D eigenvalue weighted by atomic mass is 19.4. The second-order valence-corrected chi connectivity index (χ2v) is 5.24. The van der Waals surface area contributed by atoms with Gasteiger partial charge in [0.05, 0.1) is 5.56 Å². The van der Waals surface area contributed by atoms with Crippen molar-refractivity contribution in [1.29, 1.82) is 0 Å². The first-order chi connectivity index (χ1) is 9.81. The number of nitrogens with one attached hydrogen (secondary N) is 1. The van der Waals surface area contributed by atoms with Gasteiger partial charge in [0.25, 0.3) is 5.91 Å². The Kier molecular flexibility index (Phi) is 4.55. The molecule has 1 aliphatic heterocycles. The van der Waals surface area contributed by atoms with E-state index >= 15 is 0 Å². The Bertz CT molecular complexity index is 504. The van der Waals surface area contributed by atoms with Crippen LogP contribution in [0.4, 0.5) is 13.2 Å². The summed E-state index contributed by atoms with van der Waals surface area (Å²) >= 11 is 0. The van der Waals surface area contributed by atoms with Crippen LogP contribution >= 0.6 is 0 Å². The first-order valence-corrected chi connectivity index (χ1v) is 6.95. The van der Waals surface area contributed by atoms with Crippen molar-refractivity contribution >= 4 is 5.91 Å². The maximum Gasteiger partial charge on any atom is 0.435 e. The number of halogens is 3. The third-order valence-electron chi connectivity index (χ3n) is 3.71. The maximum absolute atomic E-state index is 12.8. The second-order valence-electron chi connectivity index (χ2n) is 5.24. The topological polar surface area (TPSA) is 50.2 Å². The molecule has 0 radical (unpaired) electrons. The molecule has 0 aromatic carbocycles. The summed E-state index contributed by atoms with van der Waals surface area (Å²) < 4.78 is 39.5. The van der Waals surface area contributed by atoms with Gasteiger partial charge in [-0.1, -0.05) is 6.92 Å². The fraction of sp³-hybridized carbons (Fsp3) is 0.692. The number of hydrogen-bond acceptors (Lipinski definition) is 3. The molecule has 1 saturated heterocycles. The molecule has 0 aliphatic carbocycles. The maximum atomic E-state index is 12.8. The monoisotopic (exact) mass is 304 g/mol. The summed E-state index contributed by atoms with van der Waals surface area (Å²) in [6.07, 6.45) is -2.01. The third-order valence-corrected chi connectivity index (χ3v) is 3.71. The SMILES string of the molecule is CCN1CCC(NC(=O)c2cn(C)nc2C(F)(F)F)CC1. The number of carbonyl (C=O) groups is 1. The van der Waals surface area contributed by atoms with Crippen LogP contribution in [-0.2, 0) is 13.2 Å². The largest absolute Gasteiger partial charge is 0.435 e. The van der Waals surface area contributed by atoms with E-state index < -0.39 is 23.3 Å². The first-order valence-electron chi connectivity index (χ1n) is 6.95. The number of hydrogen-bond donors (Lipinski definition) is 1. The van der Waals surface area contributed by atoms with Crippen molar-refractivity contribution in [2.75, 3.05) is 19.6 Å². The Balaban J connectivity index is 2.04. The van der Waals surface area contributed by atoms with Gasteiger partial charge in [-0.2, -0.15) is 18.3 Å². The summed E-state index contributed by atoms with van der Waals surface area (Å²) in [5.74, 6) is -0.703. The fourth-order valence-corrected chi connectivity index (χ4v) is 2.52. The fourth-order valence-electron chi connectivity index (χ4n) is 2.52. The predicted molar refractivity (Wildman–Crippen MR) is 70.8 cm³/mol. The zero-order chi connectivity index (χ0) is 15.6. The molecule has 1 fully saturated rings. The summed E-state index contributed by atoms with van der Waals surface area (Å²) in [4.78, 5) is 14.3. The van der Waals surface area contributed by atoms with Crippen LogP contribution in [0.15, 0.2) is 6.20 Å². The molecule has 2 rings (SSSR count). The second kappa shape index (κ2) is 6.05. The molecule has 1 aromatic rings. The number of aromatic nitrogens is 2. The Labute approximate surface area is 121 Å². The highest BCUT2D eigenvalue weighted by Crippen LogP contribution is 2.30.